The average Bonchev–Trinajstić information content (AvgIpc) is 2.38. The maximum absolute atomic E-state index is 12.8. The molecule has 5 heteroatoms. The summed E-state index contributed by atoms with van der Waals surface area (Å²) in [5.74, 6) is -1.09. The Morgan fingerprint density at radius 1 is 1.26 bits per heavy atom. The Labute approximate surface area is 114 Å². The van der Waals surface area contributed by atoms with Gasteiger partial charge in [0.25, 0.3) is 0 Å². The van der Waals surface area contributed by atoms with Crippen LogP contribution in [0.2, 0.25) is 5.02 Å². The Morgan fingerprint density at radius 3 is 2.74 bits per heavy atom. The van der Waals surface area contributed by atoms with Crippen molar-refractivity contribution in [1.82, 2.24) is 0 Å². The molecular formula is C14H10ClFO3. The predicted molar refractivity (Wildman–Crippen MR) is 69.1 cm³/mol. The van der Waals surface area contributed by atoms with Crippen molar-refractivity contribution < 1.29 is 19.0 Å². The van der Waals surface area contributed by atoms with E-state index < -0.39 is 11.8 Å². The van der Waals surface area contributed by atoms with Crippen LogP contribution in [-0.4, -0.2) is 11.1 Å². The van der Waals surface area contributed by atoms with Gasteiger partial charge in [0.15, 0.2) is 0 Å². The number of benzene rings is 2. The van der Waals surface area contributed by atoms with Crippen molar-refractivity contribution in [2.75, 3.05) is 0 Å². The van der Waals surface area contributed by atoms with Crippen molar-refractivity contribution in [2.45, 2.75) is 6.61 Å². The molecule has 3 nitrogen and oxygen atoms in total. The van der Waals surface area contributed by atoms with Crippen LogP contribution in [0.5, 0.6) is 5.75 Å². The fourth-order valence-electron chi connectivity index (χ4n) is 1.55. The van der Waals surface area contributed by atoms with Gasteiger partial charge in [-0.2, -0.15) is 0 Å². The summed E-state index contributed by atoms with van der Waals surface area (Å²) in [5.41, 5.74) is 0.881. The molecule has 0 amide bonds. The second kappa shape index (κ2) is 5.71. The minimum atomic E-state index is -0.998. The molecule has 0 bridgehead atoms. The summed E-state index contributed by atoms with van der Waals surface area (Å²) in [6, 6.07) is 10.2. The first-order valence-corrected chi connectivity index (χ1v) is 5.84. The van der Waals surface area contributed by atoms with E-state index in [1.807, 2.05) is 0 Å². The number of rotatable bonds is 4. The van der Waals surface area contributed by atoms with Crippen molar-refractivity contribution in [3.05, 3.63) is 64.4 Å². The van der Waals surface area contributed by atoms with Gasteiger partial charge in [0.2, 0.25) is 0 Å². The van der Waals surface area contributed by atoms with Gasteiger partial charge in [-0.1, -0.05) is 23.7 Å². The summed E-state index contributed by atoms with van der Waals surface area (Å²) >= 11 is 5.82. The molecule has 0 spiro atoms. The molecule has 2 aromatic carbocycles. The third kappa shape index (κ3) is 3.45. The Balaban J connectivity index is 2.10. The smallest absolute Gasteiger partial charge is 0.335 e. The van der Waals surface area contributed by atoms with E-state index in [0.29, 0.717) is 11.3 Å². The van der Waals surface area contributed by atoms with Crippen LogP contribution >= 0.6 is 11.6 Å². The molecule has 0 radical (unpaired) electrons. The molecule has 19 heavy (non-hydrogen) atoms. The SMILES string of the molecule is O=C(O)c1cccc(COc2ccc(F)cc2Cl)c1. The molecule has 98 valence electrons. The van der Waals surface area contributed by atoms with Crippen LogP contribution in [0.4, 0.5) is 4.39 Å². The second-order valence-corrected chi connectivity index (χ2v) is 4.28. The summed E-state index contributed by atoms with van der Waals surface area (Å²) in [6.07, 6.45) is 0. The van der Waals surface area contributed by atoms with Crippen LogP contribution in [0, 0.1) is 5.82 Å². The highest BCUT2D eigenvalue weighted by Gasteiger charge is 2.06. The fraction of sp³-hybridized carbons (Fsp3) is 0.0714. The van der Waals surface area contributed by atoms with Gasteiger partial charge in [0.05, 0.1) is 10.6 Å². The van der Waals surface area contributed by atoms with Crippen LogP contribution < -0.4 is 4.74 Å². The van der Waals surface area contributed by atoms with E-state index in [9.17, 15) is 9.18 Å². The van der Waals surface area contributed by atoms with Crippen molar-refractivity contribution in [3.8, 4) is 5.75 Å². The number of carboxylic acid groups (broad SMARTS) is 1. The molecule has 2 aromatic rings. The van der Waals surface area contributed by atoms with Gasteiger partial charge < -0.3 is 9.84 Å². The van der Waals surface area contributed by atoms with E-state index in [0.717, 1.165) is 6.07 Å². The van der Waals surface area contributed by atoms with Gasteiger partial charge in [-0.25, -0.2) is 9.18 Å². The lowest BCUT2D eigenvalue weighted by Gasteiger charge is -2.08. The molecule has 0 aliphatic heterocycles. The van der Waals surface area contributed by atoms with Gasteiger partial charge >= 0.3 is 5.97 Å². The topological polar surface area (TPSA) is 46.5 Å². The van der Waals surface area contributed by atoms with E-state index >= 15 is 0 Å². The molecule has 0 atom stereocenters. The molecule has 0 aliphatic rings. The molecule has 0 heterocycles. The van der Waals surface area contributed by atoms with Gasteiger partial charge in [-0.05, 0) is 35.9 Å². The maximum atomic E-state index is 12.8. The highest BCUT2D eigenvalue weighted by Crippen LogP contribution is 2.25. The van der Waals surface area contributed by atoms with E-state index in [1.54, 1.807) is 12.1 Å². The number of halogens is 2. The first kappa shape index (κ1) is 13.4. The summed E-state index contributed by atoms with van der Waals surface area (Å²) < 4.78 is 18.3. The van der Waals surface area contributed by atoms with Gasteiger partial charge in [0.1, 0.15) is 18.2 Å². The van der Waals surface area contributed by atoms with Crippen LogP contribution in [-0.2, 0) is 6.61 Å². The largest absolute Gasteiger partial charge is 0.487 e. The second-order valence-electron chi connectivity index (χ2n) is 3.87. The lowest BCUT2D eigenvalue weighted by Crippen LogP contribution is -2.00. The Hall–Kier alpha value is -2.07. The fourth-order valence-corrected chi connectivity index (χ4v) is 1.77. The number of aromatic carboxylic acids is 1. The average molecular weight is 281 g/mol. The minimum Gasteiger partial charge on any atom is -0.487 e. The Bertz CT molecular complexity index is 613. The van der Waals surface area contributed by atoms with Crippen molar-refractivity contribution in [1.29, 1.82) is 0 Å². The minimum absolute atomic E-state index is 0.159. The van der Waals surface area contributed by atoms with Crippen LogP contribution in [0.15, 0.2) is 42.5 Å². The lowest BCUT2D eigenvalue weighted by molar-refractivity contribution is 0.0696. The number of carboxylic acids is 1. The summed E-state index contributed by atoms with van der Waals surface area (Å²) in [4.78, 5) is 10.8. The molecule has 0 fully saturated rings. The van der Waals surface area contributed by atoms with Crippen LogP contribution in [0.3, 0.4) is 0 Å². The van der Waals surface area contributed by atoms with E-state index in [1.165, 1.54) is 24.3 Å². The zero-order valence-electron chi connectivity index (χ0n) is 9.77. The molecular weight excluding hydrogens is 271 g/mol. The monoisotopic (exact) mass is 280 g/mol. The molecule has 0 unspecified atom stereocenters. The normalized spacial score (nSPS) is 10.2. The highest BCUT2D eigenvalue weighted by atomic mass is 35.5. The zero-order chi connectivity index (χ0) is 13.8. The van der Waals surface area contributed by atoms with Gasteiger partial charge in [-0.3, -0.25) is 0 Å². The molecule has 0 aromatic heterocycles. The van der Waals surface area contributed by atoms with Crippen molar-refractivity contribution in [3.63, 3.8) is 0 Å². The van der Waals surface area contributed by atoms with Crippen LogP contribution in [0.25, 0.3) is 0 Å². The molecule has 0 aliphatic carbocycles. The lowest BCUT2D eigenvalue weighted by atomic mass is 10.1. The predicted octanol–water partition coefficient (Wildman–Crippen LogP) is 3.76. The summed E-state index contributed by atoms with van der Waals surface area (Å²) in [5, 5.41) is 9.04. The Kier molecular flexibility index (Phi) is 4.02. The quantitative estimate of drug-likeness (QED) is 0.927. The first-order chi connectivity index (χ1) is 9.06. The number of carbonyl (C=O) groups is 1. The van der Waals surface area contributed by atoms with E-state index in [-0.39, 0.29) is 17.2 Å². The number of hydrogen-bond donors (Lipinski definition) is 1. The third-order valence-electron chi connectivity index (χ3n) is 2.46. The summed E-state index contributed by atoms with van der Waals surface area (Å²) in [7, 11) is 0. The number of ether oxygens (including phenoxy) is 1. The maximum Gasteiger partial charge on any atom is 0.335 e. The highest BCUT2D eigenvalue weighted by molar-refractivity contribution is 6.32. The zero-order valence-corrected chi connectivity index (χ0v) is 10.5. The van der Waals surface area contributed by atoms with Gasteiger partial charge in [0, 0.05) is 0 Å². The molecule has 2 rings (SSSR count). The van der Waals surface area contributed by atoms with Crippen LogP contribution in [0.1, 0.15) is 15.9 Å². The van der Waals surface area contributed by atoms with Gasteiger partial charge in [-0.15, -0.1) is 0 Å². The summed E-state index contributed by atoms with van der Waals surface area (Å²) in [6.45, 7) is 0.159. The standard InChI is InChI=1S/C14H10ClFO3/c15-12-7-11(16)4-5-13(12)19-8-9-2-1-3-10(6-9)14(17)18/h1-7H,8H2,(H,17,18). The Morgan fingerprint density at radius 2 is 2.05 bits per heavy atom. The molecule has 0 saturated heterocycles. The molecule has 0 saturated carbocycles. The van der Waals surface area contributed by atoms with E-state index in [2.05, 4.69) is 0 Å². The molecule has 1 N–H and O–H groups in total. The van der Waals surface area contributed by atoms with Crippen molar-refractivity contribution >= 4 is 17.6 Å². The van der Waals surface area contributed by atoms with E-state index in [4.69, 9.17) is 21.4 Å². The number of hydrogen-bond acceptors (Lipinski definition) is 2. The third-order valence-corrected chi connectivity index (χ3v) is 2.76. The first-order valence-electron chi connectivity index (χ1n) is 5.46. The van der Waals surface area contributed by atoms with Crippen molar-refractivity contribution in [2.24, 2.45) is 0 Å².